The van der Waals surface area contributed by atoms with Crippen LogP contribution in [0.15, 0.2) is 24.3 Å². The average Bonchev–Trinajstić information content (AvgIpc) is 2.93. The Morgan fingerprint density at radius 1 is 1.30 bits per heavy atom. The van der Waals surface area contributed by atoms with Gasteiger partial charge in [-0.05, 0) is 23.0 Å². The van der Waals surface area contributed by atoms with Crippen molar-refractivity contribution >= 4 is 11.9 Å². The quantitative estimate of drug-likeness (QED) is 0.879. The first-order valence-electron chi connectivity index (χ1n) is 7.01. The molecular formula is C16H19NO3. The Morgan fingerprint density at radius 2 is 2.00 bits per heavy atom. The van der Waals surface area contributed by atoms with Crippen LogP contribution in [0.5, 0.6) is 0 Å². The van der Waals surface area contributed by atoms with Gasteiger partial charge in [0.2, 0.25) is 5.91 Å². The smallest absolute Gasteiger partial charge is 0.307 e. The van der Waals surface area contributed by atoms with E-state index in [0.717, 1.165) is 6.42 Å². The Hall–Kier alpha value is -1.84. The highest BCUT2D eigenvalue weighted by atomic mass is 16.4. The van der Waals surface area contributed by atoms with Crippen LogP contribution in [-0.2, 0) is 16.0 Å². The summed E-state index contributed by atoms with van der Waals surface area (Å²) >= 11 is 0. The number of carboxylic acids is 1. The summed E-state index contributed by atoms with van der Waals surface area (Å²) in [7, 11) is 0. The summed E-state index contributed by atoms with van der Waals surface area (Å²) in [6, 6.07) is 8.24. The van der Waals surface area contributed by atoms with Gasteiger partial charge in [0.25, 0.3) is 0 Å². The summed E-state index contributed by atoms with van der Waals surface area (Å²) in [4.78, 5) is 23.2. The second-order valence-corrected chi connectivity index (χ2v) is 6.46. The summed E-state index contributed by atoms with van der Waals surface area (Å²) in [5.74, 6) is -1.55. The van der Waals surface area contributed by atoms with Gasteiger partial charge in [-0.2, -0.15) is 0 Å². The maximum atomic E-state index is 12.1. The number of carboxylic acid groups (broad SMARTS) is 1. The highest BCUT2D eigenvalue weighted by Crippen LogP contribution is 2.58. The fourth-order valence-electron chi connectivity index (χ4n) is 3.47. The summed E-state index contributed by atoms with van der Waals surface area (Å²) in [5.41, 5.74) is 2.23. The SMILES string of the molecule is CC1(C)[C@H](C(=O)O)[C@@H]1C(=O)NCC1Cc2ccccc21. The van der Waals surface area contributed by atoms with Crippen molar-refractivity contribution in [3.8, 4) is 0 Å². The molecule has 0 radical (unpaired) electrons. The van der Waals surface area contributed by atoms with Crippen molar-refractivity contribution in [3.05, 3.63) is 35.4 Å². The molecule has 20 heavy (non-hydrogen) atoms. The van der Waals surface area contributed by atoms with Crippen LogP contribution < -0.4 is 5.32 Å². The first-order valence-corrected chi connectivity index (χ1v) is 7.01. The third-order valence-corrected chi connectivity index (χ3v) is 4.86. The molecule has 106 valence electrons. The maximum absolute atomic E-state index is 12.1. The zero-order valence-corrected chi connectivity index (χ0v) is 11.7. The molecule has 0 saturated heterocycles. The predicted molar refractivity (Wildman–Crippen MR) is 74.3 cm³/mol. The zero-order valence-electron chi connectivity index (χ0n) is 11.7. The van der Waals surface area contributed by atoms with Crippen LogP contribution in [0.3, 0.4) is 0 Å². The van der Waals surface area contributed by atoms with Crippen molar-refractivity contribution in [1.82, 2.24) is 5.32 Å². The summed E-state index contributed by atoms with van der Waals surface area (Å²) in [6.07, 6.45) is 0.993. The van der Waals surface area contributed by atoms with E-state index in [4.69, 9.17) is 5.11 Å². The molecule has 1 aromatic carbocycles. The molecule has 0 spiro atoms. The van der Waals surface area contributed by atoms with Crippen LogP contribution >= 0.6 is 0 Å². The van der Waals surface area contributed by atoms with Gasteiger partial charge in [-0.3, -0.25) is 9.59 Å². The minimum Gasteiger partial charge on any atom is -0.481 e. The normalized spacial score (nSPS) is 29.0. The molecule has 1 fully saturated rings. The van der Waals surface area contributed by atoms with Crippen LogP contribution in [0.1, 0.15) is 30.9 Å². The number of nitrogens with one attached hydrogen (secondary N) is 1. The minimum atomic E-state index is -0.871. The van der Waals surface area contributed by atoms with Crippen molar-refractivity contribution < 1.29 is 14.7 Å². The van der Waals surface area contributed by atoms with Crippen molar-refractivity contribution in [1.29, 1.82) is 0 Å². The van der Waals surface area contributed by atoms with Gasteiger partial charge in [0.1, 0.15) is 0 Å². The number of benzene rings is 1. The van der Waals surface area contributed by atoms with E-state index in [0.29, 0.717) is 12.5 Å². The number of carbonyl (C=O) groups excluding carboxylic acids is 1. The summed E-state index contributed by atoms with van der Waals surface area (Å²) in [6.45, 7) is 4.29. The van der Waals surface area contributed by atoms with Gasteiger partial charge in [0.05, 0.1) is 11.8 Å². The third kappa shape index (κ3) is 1.90. The first-order chi connectivity index (χ1) is 9.43. The number of rotatable bonds is 4. The van der Waals surface area contributed by atoms with E-state index in [1.807, 2.05) is 26.0 Å². The standard InChI is InChI=1S/C16H19NO3/c1-16(2)12(13(16)15(19)20)14(18)17-8-10-7-9-5-3-4-6-11(9)10/h3-6,10,12-13H,7-8H2,1-2H3,(H,17,18)(H,19,20)/t10?,12-,13+/m1/s1. The Kier molecular flexibility index (Phi) is 2.85. The summed E-state index contributed by atoms with van der Waals surface area (Å²) in [5, 5.41) is 12.0. The largest absolute Gasteiger partial charge is 0.481 e. The molecule has 0 heterocycles. The molecule has 4 heteroatoms. The highest BCUT2D eigenvalue weighted by Gasteiger charge is 2.65. The van der Waals surface area contributed by atoms with E-state index >= 15 is 0 Å². The molecule has 2 N–H and O–H groups in total. The van der Waals surface area contributed by atoms with Crippen molar-refractivity contribution in [2.45, 2.75) is 26.2 Å². The third-order valence-electron chi connectivity index (χ3n) is 4.86. The predicted octanol–water partition coefficient (Wildman–Crippen LogP) is 1.80. The van der Waals surface area contributed by atoms with Gasteiger partial charge in [-0.1, -0.05) is 38.1 Å². The lowest BCUT2D eigenvalue weighted by atomic mass is 9.77. The monoisotopic (exact) mass is 273 g/mol. The molecule has 2 aliphatic carbocycles. The van der Waals surface area contributed by atoms with E-state index in [2.05, 4.69) is 17.4 Å². The second-order valence-electron chi connectivity index (χ2n) is 6.46. The highest BCUT2D eigenvalue weighted by molar-refractivity contribution is 5.91. The van der Waals surface area contributed by atoms with E-state index < -0.39 is 23.2 Å². The maximum Gasteiger partial charge on any atom is 0.307 e. The van der Waals surface area contributed by atoms with Gasteiger partial charge in [-0.25, -0.2) is 0 Å². The van der Waals surface area contributed by atoms with Crippen LogP contribution in [0, 0.1) is 17.3 Å². The lowest BCUT2D eigenvalue weighted by Crippen LogP contribution is -2.35. The molecule has 0 aromatic heterocycles. The summed E-state index contributed by atoms with van der Waals surface area (Å²) < 4.78 is 0. The molecule has 0 aliphatic heterocycles. The number of aliphatic carboxylic acids is 1. The molecule has 3 atom stereocenters. The van der Waals surface area contributed by atoms with E-state index in [1.54, 1.807) is 0 Å². The van der Waals surface area contributed by atoms with E-state index in [1.165, 1.54) is 11.1 Å². The lowest BCUT2D eigenvalue weighted by Gasteiger charge is -2.30. The fraction of sp³-hybridized carbons (Fsp3) is 0.500. The second kappa shape index (κ2) is 4.33. The van der Waals surface area contributed by atoms with Crippen LogP contribution in [0.25, 0.3) is 0 Å². The van der Waals surface area contributed by atoms with E-state index in [-0.39, 0.29) is 5.91 Å². The van der Waals surface area contributed by atoms with Crippen LogP contribution in [0.4, 0.5) is 0 Å². The Bertz CT molecular complexity index is 579. The topological polar surface area (TPSA) is 66.4 Å². The van der Waals surface area contributed by atoms with Gasteiger partial charge in [0.15, 0.2) is 0 Å². The number of hydrogen-bond donors (Lipinski definition) is 2. The van der Waals surface area contributed by atoms with E-state index in [9.17, 15) is 9.59 Å². The van der Waals surface area contributed by atoms with Crippen molar-refractivity contribution in [2.75, 3.05) is 6.54 Å². The molecule has 3 rings (SSSR count). The van der Waals surface area contributed by atoms with Crippen molar-refractivity contribution in [3.63, 3.8) is 0 Å². The lowest BCUT2D eigenvalue weighted by molar-refractivity contribution is -0.140. The first kappa shape index (κ1) is 13.2. The average molecular weight is 273 g/mol. The van der Waals surface area contributed by atoms with Crippen molar-refractivity contribution in [2.24, 2.45) is 17.3 Å². The Morgan fingerprint density at radius 3 is 2.60 bits per heavy atom. The molecular weight excluding hydrogens is 254 g/mol. The van der Waals surface area contributed by atoms with Gasteiger partial charge >= 0.3 is 5.97 Å². The molecule has 0 bridgehead atoms. The zero-order chi connectivity index (χ0) is 14.5. The molecule has 1 amide bonds. The molecule has 4 nitrogen and oxygen atoms in total. The minimum absolute atomic E-state index is 0.119. The fourth-order valence-corrected chi connectivity index (χ4v) is 3.47. The number of amides is 1. The van der Waals surface area contributed by atoms with Crippen LogP contribution in [-0.4, -0.2) is 23.5 Å². The van der Waals surface area contributed by atoms with Crippen LogP contribution in [0.2, 0.25) is 0 Å². The molecule has 1 unspecified atom stereocenters. The van der Waals surface area contributed by atoms with Gasteiger partial charge < -0.3 is 10.4 Å². The Balaban J connectivity index is 1.56. The number of carbonyl (C=O) groups is 2. The molecule has 1 saturated carbocycles. The molecule has 2 aliphatic rings. The van der Waals surface area contributed by atoms with Gasteiger partial charge in [0, 0.05) is 12.5 Å². The molecule has 1 aromatic rings. The van der Waals surface area contributed by atoms with Gasteiger partial charge in [-0.15, -0.1) is 0 Å². The Labute approximate surface area is 118 Å². The number of hydrogen-bond acceptors (Lipinski definition) is 2. The number of fused-ring (bicyclic) bond motifs is 1.